The molecule has 0 aliphatic rings. The molecule has 5 nitrogen and oxygen atoms in total. The van der Waals surface area contributed by atoms with Gasteiger partial charge in [0.1, 0.15) is 24.8 Å². The maximum absolute atomic E-state index is 12.9. The number of amides is 1. The third-order valence-corrected chi connectivity index (χ3v) is 2.40. The third kappa shape index (κ3) is 6.17. The van der Waals surface area contributed by atoms with Gasteiger partial charge in [-0.25, -0.2) is 4.39 Å². The van der Waals surface area contributed by atoms with Gasteiger partial charge >= 0.3 is 0 Å². The lowest BCUT2D eigenvalue weighted by Gasteiger charge is -2.17. The first-order valence-electron chi connectivity index (χ1n) is 6.03. The zero-order chi connectivity index (χ0) is 14.1. The Bertz CT molecular complexity index is 401. The van der Waals surface area contributed by atoms with Gasteiger partial charge in [-0.1, -0.05) is 6.07 Å². The highest BCUT2D eigenvalue weighted by Gasteiger charge is 2.08. The molecule has 19 heavy (non-hydrogen) atoms. The number of rotatable bonds is 8. The van der Waals surface area contributed by atoms with Crippen molar-refractivity contribution >= 4 is 5.91 Å². The molecular weight excluding hydrogens is 251 g/mol. The highest BCUT2D eigenvalue weighted by Crippen LogP contribution is 2.11. The van der Waals surface area contributed by atoms with Crippen LogP contribution in [0.5, 0.6) is 5.75 Å². The molecule has 0 aliphatic heterocycles. The highest BCUT2D eigenvalue weighted by molar-refractivity contribution is 5.77. The van der Waals surface area contributed by atoms with Gasteiger partial charge in [0.25, 0.3) is 0 Å². The predicted molar refractivity (Wildman–Crippen MR) is 69.4 cm³/mol. The van der Waals surface area contributed by atoms with E-state index >= 15 is 0 Å². The van der Waals surface area contributed by atoms with Gasteiger partial charge in [-0.3, -0.25) is 4.79 Å². The Morgan fingerprint density at radius 2 is 2.21 bits per heavy atom. The van der Waals surface area contributed by atoms with Crippen LogP contribution in [0.1, 0.15) is 0 Å². The molecule has 0 saturated carbocycles. The van der Waals surface area contributed by atoms with Gasteiger partial charge in [0.05, 0.1) is 13.2 Å². The molecule has 0 bridgehead atoms. The standard InChI is InChI=1S/C13H19FN2O3/c1-16(13(17)10-18-7-5-15)6-8-19-12-4-2-3-11(14)9-12/h2-4,9H,5-8,10,15H2,1H3. The average Bonchev–Trinajstić information content (AvgIpc) is 2.39. The van der Waals surface area contributed by atoms with Crippen LogP contribution in [0.25, 0.3) is 0 Å². The second-order valence-corrected chi connectivity index (χ2v) is 3.96. The number of nitrogens with two attached hydrogens (primary N) is 1. The number of halogens is 1. The summed E-state index contributed by atoms with van der Waals surface area (Å²) in [6, 6.07) is 5.87. The quantitative estimate of drug-likeness (QED) is 0.704. The minimum atomic E-state index is -0.350. The van der Waals surface area contributed by atoms with Crippen LogP contribution in [0.2, 0.25) is 0 Å². The van der Waals surface area contributed by atoms with Gasteiger partial charge in [0, 0.05) is 19.7 Å². The summed E-state index contributed by atoms with van der Waals surface area (Å²) < 4.78 is 23.3. The number of benzene rings is 1. The van der Waals surface area contributed by atoms with Crippen LogP contribution in [0, 0.1) is 5.82 Å². The zero-order valence-electron chi connectivity index (χ0n) is 11.0. The van der Waals surface area contributed by atoms with Crippen molar-refractivity contribution in [2.24, 2.45) is 5.73 Å². The van der Waals surface area contributed by atoms with E-state index in [1.807, 2.05) is 0 Å². The Hall–Kier alpha value is -1.66. The maximum atomic E-state index is 12.9. The second kappa shape index (κ2) is 8.44. The molecule has 0 aromatic heterocycles. The van der Waals surface area contributed by atoms with Crippen molar-refractivity contribution in [1.82, 2.24) is 4.90 Å². The summed E-state index contributed by atoms with van der Waals surface area (Å²) in [6.07, 6.45) is 0. The number of hydrogen-bond acceptors (Lipinski definition) is 4. The highest BCUT2D eigenvalue weighted by atomic mass is 19.1. The molecule has 0 radical (unpaired) electrons. The number of carbonyl (C=O) groups is 1. The number of ether oxygens (including phenoxy) is 2. The molecule has 0 fully saturated rings. The smallest absolute Gasteiger partial charge is 0.248 e. The van der Waals surface area contributed by atoms with Crippen LogP contribution < -0.4 is 10.5 Å². The Kier molecular flexibility index (Phi) is 6.84. The lowest BCUT2D eigenvalue weighted by molar-refractivity contribution is -0.135. The third-order valence-electron chi connectivity index (χ3n) is 2.40. The topological polar surface area (TPSA) is 64.8 Å². The fraction of sp³-hybridized carbons (Fsp3) is 0.462. The van der Waals surface area contributed by atoms with E-state index in [1.165, 1.54) is 17.0 Å². The molecular formula is C13H19FN2O3. The monoisotopic (exact) mass is 270 g/mol. The van der Waals surface area contributed by atoms with Crippen LogP contribution in [-0.4, -0.2) is 50.8 Å². The Balaban J connectivity index is 2.23. The molecule has 1 amide bonds. The molecule has 0 spiro atoms. The van der Waals surface area contributed by atoms with Crippen molar-refractivity contribution in [3.8, 4) is 5.75 Å². The average molecular weight is 270 g/mol. The van der Waals surface area contributed by atoms with E-state index in [4.69, 9.17) is 15.2 Å². The van der Waals surface area contributed by atoms with Crippen molar-refractivity contribution < 1.29 is 18.7 Å². The molecule has 2 N–H and O–H groups in total. The molecule has 0 saturated heterocycles. The van der Waals surface area contributed by atoms with Crippen LogP contribution in [0.15, 0.2) is 24.3 Å². The summed E-state index contributed by atoms with van der Waals surface area (Å²) in [5.74, 6) is -0.0476. The largest absolute Gasteiger partial charge is 0.492 e. The maximum Gasteiger partial charge on any atom is 0.248 e. The van der Waals surface area contributed by atoms with Gasteiger partial charge in [-0.15, -0.1) is 0 Å². The first kappa shape index (κ1) is 15.4. The van der Waals surface area contributed by atoms with Gasteiger partial charge in [-0.2, -0.15) is 0 Å². The minimum Gasteiger partial charge on any atom is -0.492 e. The Morgan fingerprint density at radius 3 is 2.89 bits per heavy atom. The van der Waals surface area contributed by atoms with E-state index in [2.05, 4.69) is 0 Å². The summed E-state index contributed by atoms with van der Waals surface area (Å²) in [6.45, 7) is 1.45. The molecule has 0 atom stereocenters. The molecule has 1 aromatic rings. The molecule has 0 heterocycles. The fourth-order valence-electron chi connectivity index (χ4n) is 1.33. The van der Waals surface area contributed by atoms with Crippen LogP contribution in [0.3, 0.4) is 0 Å². The lowest BCUT2D eigenvalue weighted by atomic mass is 10.3. The van der Waals surface area contributed by atoms with Gasteiger partial charge in [0.15, 0.2) is 0 Å². The Morgan fingerprint density at radius 1 is 1.42 bits per heavy atom. The summed E-state index contributed by atoms with van der Waals surface area (Å²) in [4.78, 5) is 13.1. The first-order valence-corrected chi connectivity index (χ1v) is 6.03. The van der Waals surface area contributed by atoms with E-state index in [1.54, 1.807) is 19.2 Å². The van der Waals surface area contributed by atoms with E-state index < -0.39 is 0 Å². The summed E-state index contributed by atoms with van der Waals surface area (Å²) in [7, 11) is 1.66. The Labute approximate surface area is 112 Å². The van der Waals surface area contributed by atoms with Gasteiger partial charge < -0.3 is 20.1 Å². The van der Waals surface area contributed by atoms with Crippen molar-refractivity contribution in [3.05, 3.63) is 30.1 Å². The van der Waals surface area contributed by atoms with Crippen molar-refractivity contribution in [2.45, 2.75) is 0 Å². The normalized spacial score (nSPS) is 10.3. The van der Waals surface area contributed by atoms with Gasteiger partial charge in [0.2, 0.25) is 5.91 Å². The van der Waals surface area contributed by atoms with E-state index in [0.29, 0.717) is 32.1 Å². The molecule has 6 heteroatoms. The summed E-state index contributed by atoms with van der Waals surface area (Å²) >= 11 is 0. The molecule has 1 aromatic carbocycles. The van der Waals surface area contributed by atoms with E-state index in [0.717, 1.165) is 0 Å². The molecule has 0 aliphatic carbocycles. The summed E-state index contributed by atoms with van der Waals surface area (Å²) in [5, 5.41) is 0. The van der Waals surface area contributed by atoms with Crippen LogP contribution in [0.4, 0.5) is 4.39 Å². The van der Waals surface area contributed by atoms with E-state index in [-0.39, 0.29) is 18.3 Å². The summed E-state index contributed by atoms with van der Waals surface area (Å²) in [5.41, 5.74) is 5.25. The first-order chi connectivity index (χ1) is 9.13. The zero-order valence-corrected chi connectivity index (χ0v) is 11.0. The molecule has 0 unspecified atom stereocenters. The lowest BCUT2D eigenvalue weighted by Crippen LogP contribution is -2.34. The fourth-order valence-corrected chi connectivity index (χ4v) is 1.33. The predicted octanol–water partition coefficient (Wildman–Crippen LogP) is 0.638. The van der Waals surface area contributed by atoms with E-state index in [9.17, 15) is 9.18 Å². The van der Waals surface area contributed by atoms with Crippen molar-refractivity contribution in [2.75, 3.05) is 40.0 Å². The second-order valence-electron chi connectivity index (χ2n) is 3.96. The van der Waals surface area contributed by atoms with Crippen LogP contribution in [-0.2, 0) is 9.53 Å². The minimum absolute atomic E-state index is 0.00760. The number of hydrogen-bond donors (Lipinski definition) is 1. The van der Waals surface area contributed by atoms with Crippen molar-refractivity contribution in [3.63, 3.8) is 0 Å². The van der Waals surface area contributed by atoms with Gasteiger partial charge in [-0.05, 0) is 12.1 Å². The molecule has 106 valence electrons. The SMILES string of the molecule is CN(CCOc1cccc(F)c1)C(=O)COCCN. The number of nitrogens with zero attached hydrogens (tertiary/aromatic N) is 1. The number of carbonyl (C=O) groups excluding carboxylic acids is 1. The number of likely N-dealkylation sites (N-methyl/N-ethyl adjacent to an activating group) is 1. The van der Waals surface area contributed by atoms with Crippen LogP contribution >= 0.6 is 0 Å². The molecule has 1 rings (SSSR count). The van der Waals surface area contributed by atoms with Crippen molar-refractivity contribution in [1.29, 1.82) is 0 Å².